The molecule has 4 heteroatoms. The lowest BCUT2D eigenvalue weighted by Crippen LogP contribution is -2.28. The average Bonchev–Trinajstić information content (AvgIpc) is 2.97. The van der Waals surface area contributed by atoms with Gasteiger partial charge < -0.3 is 4.90 Å². The van der Waals surface area contributed by atoms with E-state index in [9.17, 15) is 4.79 Å². The molecule has 0 radical (unpaired) electrons. The van der Waals surface area contributed by atoms with Crippen LogP contribution in [0.4, 0.5) is 0 Å². The van der Waals surface area contributed by atoms with Crippen LogP contribution in [-0.4, -0.2) is 33.7 Å². The summed E-state index contributed by atoms with van der Waals surface area (Å²) >= 11 is 0. The first-order chi connectivity index (χ1) is 8.50. The summed E-state index contributed by atoms with van der Waals surface area (Å²) in [5, 5.41) is 4.50. The summed E-state index contributed by atoms with van der Waals surface area (Å²) in [5.41, 5.74) is 1.75. The van der Waals surface area contributed by atoms with E-state index in [1.807, 2.05) is 15.6 Å². The minimum atomic E-state index is 0.0915. The van der Waals surface area contributed by atoms with Crippen molar-refractivity contribution in [3.8, 4) is 0 Å². The number of carbonyl (C=O) groups is 1. The highest BCUT2D eigenvalue weighted by atomic mass is 16.2. The van der Waals surface area contributed by atoms with Crippen molar-refractivity contribution in [1.29, 1.82) is 0 Å². The second-order valence-electron chi connectivity index (χ2n) is 5.65. The Kier molecular flexibility index (Phi) is 3.73. The molecular weight excluding hydrogens is 226 g/mol. The Bertz CT molecular complexity index is 403. The number of aromatic nitrogens is 2. The zero-order valence-electron chi connectivity index (χ0n) is 11.8. The van der Waals surface area contributed by atoms with Crippen molar-refractivity contribution < 1.29 is 4.79 Å². The third-order valence-corrected chi connectivity index (χ3v) is 3.46. The third kappa shape index (κ3) is 2.42. The summed E-state index contributed by atoms with van der Waals surface area (Å²) < 4.78 is 1.98. The van der Waals surface area contributed by atoms with E-state index in [0.29, 0.717) is 17.7 Å². The van der Waals surface area contributed by atoms with Crippen LogP contribution in [0.3, 0.4) is 0 Å². The molecule has 18 heavy (non-hydrogen) atoms. The molecule has 1 amide bonds. The van der Waals surface area contributed by atoms with E-state index in [0.717, 1.165) is 31.6 Å². The standard InChI is InChI=1S/C14H23N3O/c1-10(2)13-9-12(15-17(13)11(3)4)14(18)16-7-5-6-8-16/h9-11H,5-8H2,1-4H3. The van der Waals surface area contributed by atoms with Gasteiger partial charge in [-0.3, -0.25) is 9.48 Å². The maximum absolute atomic E-state index is 12.3. The summed E-state index contributed by atoms with van der Waals surface area (Å²) in [6, 6.07) is 2.26. The topological polar surface area (TPSA) is 38.1 Å². The maximum atomic E-state index is 12.3. The molecule has 1 aromatic heterocycles. The number of hydrogen-bond acceptors (Lipinski definition) is 2. The van der Waals surface area contributed by atoms with E-state index in [1.165, 1.54) is 0 Å². The molecule has 1 aromatic rings. The van der Waals surface area contributed by atoms with Gasteiger partial charge in [-0.25, -0.2) is 0 Å². The summed E-state index contributed by atoms with van der Waals surface area (Å²) in [5.74, 6) is 0.480. The quantitative estimate of drug-likeness (QED) is 0.826. The van der Waals surface area contributed by atoms with Crippen molar-refractivity contribution in [3.05, 3.63) is 17.5 Å². The van der Waals surface area contributed by atoms with Crippen LogP contribution in [0.5, 0.6) is 0 Å². The van der Waals surface area contributed by atoms with Gasteiger partial charge in [0.15, 0.2) is 5.69 Å². The van der Waals surface area contributed by atoms with Crippen LogP contribution in [0.2, 0.25) is 0 Å². The van der Waals surface area contributed by atoms with Gasteiger partial charge in [0.1, 0.15) is 0 Å². The largest absolute Gasteiger partial charge is 0.337 e. The molecule has 0 N–H and O–H groups in total. The van der Waals surface area contributed by atoms with Crippen molar-refractivity contribution in [2.24, 2.45) is 0 Å². The fourth-order valence-corrected chi connectivity index (χ4v) is 2.44. The lowest BCUT2D eigenvalue weighted by molar-refractivity contribution is 0.0786. The molecule has 0 spiro atoms. The predicted molar refractivity (Wildman–Crippen MR) is 71.8 cm³/mol. The van der Waals surface area contributed by atoms with Crippen molar-refractivity contribution in [1.82, 2.24) is 14.7 Å². The summed E-state index contributed by atoms with van der Waals surface area (Å²) in [7, 11) is 0. The van der Waals surface area contributed by atoms with Gasteiger partial charge >= 0.3 is 0 Å². The molecule has 1 fully saturated rings. The van der Waals surface area contributed by atoms with Gasteiger partial charge in [-0.15, -0.1) is 0 Å². The van der Waals surface area contributed by atoms with E-state index < -0.39 is 0 Å². The highest BCUT2D eigenvalue weighted by Gasteiger charge is 2.24. The third-order valence-electron chi connectivity index (χ3n) is 3.46. The van der Waals surface area contributed by atoms with Crippen LogP contribution in [0.1, 0.15) is 68.7 Å². The summed E-state index contributed by atoms with van der Waals surface area (Å²) in [6.07, 6.45) is 2.24. The van der Waals surface area contributed by atoms with Crippen molar-refractivity contribution in [2.45, 2.75) is 52.5 Å². The minimum absolute atomic E-state index is 0.0915. The molecule has 2 heterocycles. The number of carbonyl (C=O) groups excluding carboxylic acids is 1. The number of nitrogens with zero attached hydrogens (tertiary/aromatic N) is 3. The molecule has 0 aliphatic carbocycles. The smallest absolute Gasteiger partial charge is 0.274 e. The Morgan fingerprint density at radius 2 is 1.83 bits per heavy atom. The highest BCUT2D eigenvalue weighted by Crippen LogP contribution is 2.21. The average molecular weight is 249 g/mol. The molecule has 0 atom stereocenters. The molecule has 2 rings (SSSR count). The van der Waals surface area contributed by atoms with Gasteiger partial charge in [-0.05, 0) is 38.7 Å². The van der Waals surface area contributed by atoms with E-state index in [4.69, 9.17) is 0 Å². The van der Waals surface area contributed by atoms with Crippen molar-refractivity contribution in [2.75, 3.05) is 13.1 Å². The first kappa shape index (κ1) is 13.1. The maximum Gasteiger partial charge on any atom is 0.274 e. The molecule has 4 nitrogen and oxygen atoms in total. The van der Waals surface area contributed by atoms with Gasteiger partial charge in [0, 0.05) is 24.8 Å². The fraction of sp³-hybridized carbons (Fsp3) is 0.714. The Labute approximate surface area is 109 Å². The monoisotopic (exact) mass is 249 g/mol. The van der Waals surface area contributed by atoms with E-state index in [2.05, 4.69) is 32.8 Å². The highest BCUT2D eigenvalue weighted by molar-refractivity contribution is 5.92. The van der Waals surface area contributed by atoms with Crippen LogP contribution in [0.25, 0.3) is 0 Å². The zero-order valence-corrected chi connectivity index (χ0v) is 11.8. The van der Waals surface area contributed by atoms with Crippen molar-refractivity contribution in [3.63, 3.8) is 0 Å². The SMILES string of the molecule is CC(C)c1cc(C(=O)N2CCCC2)nn1C(C)C. The summed E-state index contributed by atoms with van der Waals surface area (Å²) in [4.78, 5) is 14.2. The Hall–Kier alpha value is -1.32. The molecule has 0 aromatic carbocycles. The molecule has 100 valence electrons. The zero-order chi connectivity index (χ0) is 13.3. The minimum Gasteiger partial charge on any atom is -0.337 e. The first-order valence-corrected chi connectivity index (χ1v) is 6.89. The van der Waals surface area contributed by atoms with E-state index >= 15 is 0 Å². The molecule has 1 aliphatic rings. The fourth-order valence-electron chi connectivity index (χ4n) is 2.44. The van der Waals surface area contributed by atoms with E-state index in [1.54, 1.807) is 0 Å². The van der Waals surface area contributed by atoms with Gasteiger partial charge in [-0.1, -0.05) is 13.8 Å². The number of hydrogen-bond donors (Lipinski definition) is 0. The second kappa shape index (κ2) is 5.12. The normalized spacial score (nSPS) is 16.0. The molecule has 1 saturated heterocycles. The molecule has 1 aliphatic heterocycles. The first-order valence-electron chi connectivity index (χ1n) is 6.89. The molecule has 0 bridgehead atoms. The lowest BCUT2D eigenvalue weighted by atomic mass is 10.1. The van der Waals surface area contributed by atoms with Gasteiger partial charge in [0.2, 0.25) is 0 Å². The number of rotatable bonds is 3. The van der Waals surface area contributed by atoms with Crippen LogP contribution >= 0.6 is 0 Å². The molecule has 0 unspecified atom stereocenters. The van der Waals surface area contributed by atoms with Gasteiger partial charge in [0.05, 0.1) is 0 Å². The van der Waals surface area contributed by atoms with Gasteiger partial charge in [-0.2, -0.15) is 5.10 Å². The second-order valence-corrected chi connectivity index (χ2v) is 5.65. The Morgan fingerprint density at radius 1 is 1.22 bits per heavy atom. The molecular formula is C14H23N3O. The van der Waals surface area contributed by atoms with Crippen molar-refractivity contribution >= 4 is 5.91 Å². The van der Waals surface area contributed by atoms with Crippen LogP contribution in [0.15, 0.2) is 6.07 Å². The lowest BCUT2D eigenvalue weighted by Gasteiger charge is -2.13. The van der Waals surface area contributed by atoms with Crippen LogP contribution < -0.4 is 0 Å². The van der Waals surface area contributed by atoms with Crippen LogP contribution in [0, 0.1) is 0 Å². The summed E-state index contributed by atoms with van der Waals surface area (Å²) in [6.45, 7) is 10.2. The number of likely N-dealkylation sites (tertiary alicyclic amines) is 1. The number of amides is 1. The van der Waals surface area contributed by atoms with Crippen LogP contribution in [-0.2, 0) is 0 Å². The molecule has 0 saturated carbocycles. The predicted octanol–water partition coefficient (Wildman–Crippen LogP) is 2.82. The van der Waals surface area contributed by atoms with Gasteiger partial charge in [0.25, 0.3) is 5.91 Å². The Balaban J connectivity index is 2.28. The Morgan fingerprint density at radius 3 is 2.28 bits per heavy atom. The van der Waals surface area contributed by atoms with E-state index in [-0.39, 0.29) is 5.91 Å².